The van der Waals surface area contributed by atoms with E-state index < -0.39 is 44.4 Å². The van der Waals surface area contributed by atoms with Gasteiger partial charge in [-0.2, -0.15) is 13.8 Å². The van der Waals surface area contributed by atoms with Crippen LogP contribution in [0.5, 0.6) is 0 Å². The minimum atomic E-state index is -3.83. The van der Waals surface area contributed by atoms with Crippen molar-refractivity contribution in [3.63, 3.8) is 0 Å². The predicted molar refractivity (Wildman–Crippen MR) is 130 cm³/mol. The molecule has 0 bridgehead atoms. The first-order valence-electron chi connectivity index (χ1n) is 9.97. The second kappa shape index (κ2) is 10.4. The first-order chi connectivity index (χ1) is 15.8. The summed E-state index contributed by atoms with van der Waals surface area (Å²) in [5, 5.41) is 6.81. The fraction of sp³-hybridized carbons (Fsp3) is 0.450. The number of alkyl halides is 3. The Morgan fingerprint density at radius 2 is 2.09 bits per heavy atom. The van der Waals surface area contributed by atoms with Crippen molar-refractivity contribution < 1.29 is 27.1 Å². The SMILES string of the molecule is C[C@H](F)[Si][C@H](NC(=O)OC(C)(C)C)C(F)(F)c1oc2c(NCc3cccs3)nc(Cl)nc2c1Br. The Balaban J connectivity index is 1.99. The number of ether oxygens (including phenoxy) is 1. The summed E-state index contributed by atoms with van der Waals surface area (Å²) in [5.74, 6) is -6.17. The van der Waals surface area contributed by atoms with Crippen molar-refractivity contribution >= 4 is 71.4 Å². The number of carbonyl (C=O) groups excluding carboxylic acids is 1. The lowest BCUT2D eigenvalue weighted by atomic mass is 10.2. The molecule has 14 heteroatoms. The van der Waals surface area contributed by atoms with E-state index >= 15 is 8.78 Å². The number of alkyl carbamates (subject to hydrolysis) is 1. The minimum Gasteiger partial charge on any atom is -0.448 e. The van der Waals surface area contributed by atoms with Crippen LogP contribution < -0.4 is 10.6 Å². The van der Waals surface area contributed by atoms with Gasteiger partial charge in [0.25, 0.3) is 0 Å². The van der Waals surface area contributed by atoms with Crippen LogP contribution in [0.15, 0.2) is 26.4 Å². The summed E-state index contributed by atoms with van der Waals surface area (Å²) in [6.45, 7) is 6.24. The van der Waals surface area contributed by atoms with Crippen LogP contribution in [0, 0.1) is 0 Å². The van der Waals surface area contributed by atoms with Gasteiger partial charge in [0, 0.05) is 4.88 Å². The minimum absolute atomic E-state index is 0.0102. The molecule has 0 aromatic carbocycles. The van der Waals surface area contributed by atoms with Gasteiger partial charge >= 0.3 is 12.0 Å². The van der Waals surface area contributed by atoms with Gasteiger partial charge < -0.3 is 19.8 Å². The summed E-state index contributed by atoms with van der Waals surface area (Å²) >= 11 is 10.6. The number of nitrogens with zero attached hydrogens (tertiary/aromatic N) is 2. The van der Waals surface area contributed by atoms with Gasteiger partial charge in [-0.15, -0.1) is 11.3 Å². The number of anilines is 1. The molecule has 3 heterocycles. The molecule has 34 heavy (non-hydrogen) atoms. The maximum Gasteiger partial charge on any atom is 0.407 e. The van der Waals surface area contributed by atoms with Gasteiger partial charge in [0.05, 0.1) is 22.5 Å². The average Bonchev–Trinajstić information content (AvgIpc) is 3.32. The van der Waals surface area contributed by atoms with Gasteiger partial charge in [-0.3, -0.25) is 4.39 Å². The topological polar surface area (TPSA) is 89.3 Å². The van der Waals surface area contributed by atoms with Gasteiger partial charge in [0.1, 0.15) is 20.6 Å². The zero-order chi connectivity index (χ0) is 25.3. The highest BCUT2D eigenvalue weighted by atomic mass is 79.9. The molecule has 0 unspecified atom stereocenters. The molecule has 2 radical (unpaired) electrons. The smallest absolute Gasteiger partial charge is 0.407 e. The summed E-state index contributed by atoms with van der Waals surface area (Å²) in [4.78, 5) is 21.2. The number of aromatic nitrogens is 2. The normalized spacial score (nSPS) is 14.1. The second-order valence-electron chi connectivity index (χ2n) is 8.18. The lowest BCUT2D eigenvalue weighted by Crippen LogP contribution is -2.53. The molecule has 0 spiro atoms. The van der Waals surface area contributed by atoms with E-state index in [0.717, 1.165) is 11.8 Å². The number of thiophene rings is 1. The maximum absolute atomic E-state index is 15.7. The Morgan fingerprint density at radius 1 is 1.38 bits per heavy atom. The quantitative estimate of drug-likeness (QED) is 0.235. The van der Waals surface area contributed by atoms with E-state index in [4.69, 9.17) is 20.8 Å². The van der Waals surface area contributed by atoms with Crippen LogP contribution in [0.2, 0.25) is 5.28 Å². The fourth-order valence-corrected chi connectivity index (χ4v) is 5.29. The maximum atomic E-state index is 15.7. The van der Waals surface area contributed by atoms with Crippen molar-refractivity contribution in [3.8, 4) is 0 Å². The second-order valence-corrected chi connectivity index (χ2v) is 12.1. The highest BCUT2D eigenvalue weighted by Crippen LogP contribution is 2.43. The molecule has 2 atom stereocenters. The predicted octanol–water partition coefficient (Wildman–Crippen LogP) is 6.27. The first-order valence-corrected chi connectivity index (χ1v) is 13.2. The average molecular weight is 598 g/mol. The molecule has 3 aromatic rings. The monoisotopic (exact) mass is 596 g/mol. The van der Waals surface area contributed by atoms with E-state index in [9.17, 15) is 9.18 Å². The number of amides is 1. The van der Waals surface area contributed by atoms with Gasteiger partial charge in [-0.05, 0) is 66.7 Å². The molecule has 7 nitrogen and oxygen atoms in total. The highest BCUT2D eigenvalue weighted by molar-refractivity contribution is 9.10. The Kier molecular flexibility index (Phi) is 8.20. The summed E-state index contributed by atoms with van der Waals surface area (Å²) in [6, 6.07) is 3.76. The Morgan fingerprint density at radius 3 is 2.68 bits per heavy atom. The molecule has 0 fully saturated rings. The zero-order valence-corrected chi connectivity index (χ0v) is 22.7. The molecule has 3 rings (SSSR count). The van der Waals surface area contributed by atoms with Crippen LogP contribution in [0.25, 0.3) is 11.1 Å². The highest BCUT2D eigenvalue weighted by Gasteiger charge is 2.49. The van der Waals surface area contributed by atoms with Crippen molar-refractivity contribution in [2.24, 2.45) is 0 Å². The van der Waals surface area contributed by atoms with E-state index in [1.54, 1.807) is 20.8 Å². The molecule has 184 valence electrons. The first kappa shape index (κ1) is 26.8. The molecule has 0 aliphatic heterocycles. The molecule has 3 aromatic heterocycles. The summed E-state index contributed by atoms with van der Waals surface area (Å²) < 4.78 is 55.6. The number of hydrogen-bond donors (Lipinski definition) is 2. The molecule has 1 amide bonds. The number of furan rings is 1. The standard InChI is InChI=1S/C20H21BrClF3N4O3SSi/c1-9(23)34-16(29-18(30)32-19(2,3)4)20(24,25)14-11(21)12-13(31-14)15(28-17(22)27-12)26-8-10-6-5-7-33-10/h5-7,9,16H,8H2,1-4H3,(H,29,30)(H,26,27,28)/t9-,16+/m1/s1. The molecule has 0 aliphatic carbocycles. The number of rotatable bonds is 8. The number of hydrogen-bond acceptors (Lipinski definition) is 7. The van der Waals surface area contributed by atoms with E-state index in [2.05, 4.69) is 36.5 Å². The summed E-state index contributed by atoms with van der Waals surface area (Å²) in [6.07, 6.45) is -1.10. The Bertz CT molecular complexity index is 1160. The van der Waals surface area contributed by atoms with E-state index in [-0.39, 0.29) is 26.7 Å². The molecule has 0 saturated heterocycles. The lowest BCUT2D eigenvalue weighted by Gasteiger charge is -2.28. The van der Waals surface area contributed by atoms with Crippen LogP contribution in [-0.4, -0.2) is 42.6 Å². The molecular weight excluding hydrogens is 577 g/mol. The van der Waals surface area contributed by atoms with Crippen LogP contribution in [-0.2, 0) is 17.2 Å². The Hall–Kier alpha value is -1.83. The van der Waals surface area contributed by atoms with Gasteiger partial charge in [0.2, 0.25) is 5.28 Å². The largest absolute Gasteiger partial charge is 0.448 e. The third kappa shape index (κ3) is 6.43. The third-order valence-electron chi connectivity index (χ3n) is 4.18. The van der Waals surface area contributed by atoms with E-state index in [1.807, 2.05) is 17.5 Å². The van der Waals surface area contributed by atoms with E-state index in [0.29, 0.717) is 6.54 Å². The molecular formula is C20H21BrClF3N4O3SSi. The summed E-state index contributed by atoms with van der Waals surface area (Å²) in [7, 11) is -0.987. The van der Waals surface area contributed by atoms with Gasteiger partial charge in [0.15, 0.2) is 17.2 Å². The number of halogens is 5. The number of carbonyl (C=O) groups is 1. The Labute approximate surface area is 213 Å². The van der Waals surface area contributed by atoms with Gasteiger partial charge in [-0.1, -0.05) is 6.07 Å². The van der Waals surface area contributed by atoms with Crippen LogP contribution in [0.3, 0.4) is 0 Å². The molecule has 0 saturated carbocycles. The van der Waals surface area contributed by atoms with Crippen molar-refractivity contribution in [2.45, 2.75) is 57.2 Å². The number of nitrogens with one attached hydrogen (secondary N) is 2. The van der Waals surface area contributed by atoms with Crippen molar-refractivity contribution in [1.29, 1.82) is 0 Å². The molecule has 0 aliphatic rings. The molecule has 2 N–H and O–H groups in total. The van der Waals surface area contributed by atoms with Crippen molar-refractivity contribution in [3.05, 3.63) is 37.9 Å². The van der Waals surface area contributed by atoms with E-state index in [1.165, 1.54) is 11.3 Å². The third-order valence-corrected chi connectivity index (χ3v) is 7.26. The lowest BCUT2D eigenvalue weighted by molar-refractivity contribution is -0.0420. The number of fused-ring (bicyclic) bond motifs is 1. The summed E-state index contributed by atoms with van der Waals surface area (Å²) in [5.41, 5.74) is -2.92. The van der Waals surface area contributed by atoms with Crippen molar-refractivity contribution in [2.75, 3.05) is 5.32 Å². The van der Waals surface area contributed by atoms with Crippen molar-refractivity contribution in [1.82, 2.24) is 15.3 Å². The van der Waals surface area contributed by atoms with Crippen LogP contribution >= 0.6 is 38.9 Å². The zero-order valence-electron chi connectivity index (χ0n) is 18.5. The van der Waals surface area contributed by atoms with Crippen LogP contribution in [0.1, 0.15) is 38.3 Å². The van der Waals surface area contributed by atoms with Crippen LogP contribution in [0.4, 0.5) is 23.8 Å². The van der Waals surface area contributed by atoms with Gasteiger partial charge in [-0.25, -0.2) is 9.78 Å². The fourth-order valence-electron chi connectivity index (χ4n) is 2.86.